The monoisotopic (exact) mass is 353 g/mol. The minimum absolute atomic E-state index is 0.140. The number of amides is 3. The third kappa shape index (κ3) is 3.04. The molecule has 0 fully saturated rings. The normalized spacial score (nSPS) is 17.6. The van der Waals surface area contributed by atoms with E-state index in [2.05, 4.69) is 16.0 Å². The van der Waals surface area contributed by atoms with Crippen molar-refractivity contribution in [1.82, 2.24) is 5.32 Å². The smallest absolute Gasteiger partial charge is 0.254 e. The molecule has 1 atom stereocenters. The molecule has 8 heteroatoms. The van der Waals surface area contributed by atoms with Crippen molar-refractivity contribution in [3.05, 3.63) is 48.0 Å². The zero-order chi connectivity index (χ0) is 18.1. The van der Waals surface area contributed by atoms with Gasteiger partial charge in [-0.05, 0) is 24.3 Å². The molecule has 0 aliphatic carbocycles. The zero-order valence-electron chi connectivity index (χ0n) is 13.6. The van der Waals surface area contributed by atoms with Crippen molar-refractivity contribution in [2.45, 2.75) is 12.5 Å². The van der Waals surface area contributed by atoms with E-state index in [1.165, 1.54) is 0 Å². The third-order valence-electron chi connectivity index (χ3n) is 4.10. The summed E-state index contributed by atoms with van der Waals surface area (Å²) in [5, 5.41) is 7.94. The molecule has 2 aromatic carbocycles. The fraction of sp³-hybridized carbons (Fsp3) is 0.167. The molecule has 0 spiro atoms. The minimum Gasteiger partial charge on any atom is -0.454 e. The summed E-state index contributed by atoms with van der Waals surface area (Å²) >= 11 is 0. The molecule has 3 N–H and O–H groups in total. The summed E-state index contributed by atoms with van der Waals surface area (Å²) in [4.78, 5) is 36.9. The lowest BCUT2D eigenvalue weighted by Gasteiger charge is -2.14. The highest BCUT2D eigenvalue weighted by molar-refractivity contribution is 6.11. The molecule has 26 heavy (non-hydrogen) atoms. The van der Waals surface area contributed by atoms with Crippen LogP contribution in [0.2, 0.25) is 0 Å². The van der Waals surface area contributed by atoms with Gasteiger partial charge in [0.2, 0.25) is 18.6 Å². The van der Waals surface area contributed by atoms with Crippen LogP contribution in [0, 0.1) is 0 Å². The fourth-order valence-electron chi connectivity index (χ4n) is 2.83. The molecule has 132 valence electrons. The highest BCUT2D eigenvalue weighted by Crippen LogP contribution is 2.34. The standard InChI is InChI=1S/C18H15N3O5/c22-16(19-10-5-6-14-15(7-10)26-9-25-14)8-13-18(24)20-12-4-2-1-3-11(12)17(23)21-13/h1-7,13H,8-9H2,(H,19,22)(H,20,24)(H,21,23)/t13-/m0/s1. The number of benzene rings is 2. The molecule has 0 bridgehead atoms. The maximum Gasteiger partial charge on any atom is 0.254 e. The van der Waals surface area contributed by atoms with Gasteiger partial charge in [0.05, 0.1) is 17.7 Å². The van der Waals surface area contributed by atoms with Crippen molar-refractivity contribution < 1.29 is 23.9 Å². The van der Waals surface area contributed by atoms with E-state index >= 15 is 0 Å². The first kappa shape index (κ1) is 15.9. The zero-order valence-corrected chi connectivity index (χ0v) is 13.6. The summed E-state index contributed by atoms with van der Waals surface area (Å²) < 4.78 is 10.5. The largest absolute Gasteiger partial charge is 0.454 e. The van der Waals surface area contributed by atoms with Gasteiger partial charge in [0.25, 0.3) is 5.91 Å². The van der Waals surface area contributed by atoms with Gasteiger partial charge >= 0.3 is 0 Å². The number of carbonyl (C=O) groups excluding carboxylic acids is 3. The van der Waals surface area contributed by atoms with Gasteiger partial charge < -0.3 is 25.4 Å². The molecule has 0 aromatic heterocycles. The van der Waals surface area contributed by atoms with E-state index in [4.69, 9.17) is 9.47 Å². The Morgan fingerprint density at radius 3 is 2.81 bits per heavy atom. The lowest BCUT2D eigenvalue weighted by atomic mass is 10.1. The first-order chi connectivity index (χ1) is 12.6. The van der Waals surface area contributed by atoms with Crippen molar-refractivity contribution in [1.29, 1.82) is 0 Å². The second-order valence-electron chi connectivity index (χ2n) is 5.88. The van der Waals surface area contributed by atoms with E-state index in [1.54, 1.807) is 42.5 Å². The lowest BCUT2D eigenvalue weighted by molar-refractivity contribution is -0.122. The van der Waals surface area contributed by atoms with E-state index in [0.717, 1.165) is 0 Å². The van der Waals surface area contributed by atoms with E-state index < -0.39 is 23.8 Å². The van der Waals surface area contributed by atoms with Crippen LogP contribution >= 0.6 is 0 Å². The molecule has 2 aromatic rings. The van der Waals surface area contributed by atoms with Crippen LogP contribution in [0.15, 0.2) is 42.5 Å². The van der Waals surface area contributed by atoms with Crippen molar-refractivity contribution in [3.63, 3.8) is 0 Å². The van der Waals surface area contributed by atoms with Crippen LogP contribution in [-0.2, 0) is 9.59 Å². The quantitative estimate of drug-likeness (QED) is 0.775. The predicted molar refractivity (Wildman–Crippen MR) is 92.1 cm³/mol. The second-order valence-corrected chi connectivity index (χ2v) is 5.88. The van der Waals surface area contributed by atoms with E-state index in [9.17, 15) is 14.4 Å². The highest BCUT2D eigenvalue weighted by Gasteiger charge is 2.29. The minimum atomic E-state index is -0.969. The lowest BCUT2D eigenvalue weighted by Crippen LogP contribution is -2.43. The van der Waals surface area contributed by atoms with Crippen LogP contribution in [0.4, 0.5) is 11.4 Å². The summed E-state index contributed by atoms with van der Waals surface area (Å²) in [6, 6.07) is 10.7. The number of fused-ring (bicyclic) bond motifs is 2. The number of nitrogens with one attached hydrogen (secondary N) is 3. The van der Waals surface area contributed by atoms with Crippen LogP contribution in [0.1, 0.15) is 16.8 Å². The van der Waals surface area contributed by atoms with Gasteiger partial charge in [0, 0.05) is 11.8 Å². The Bertz CT molecular complexity index is 911. The Morgan fingerprint density at radius 1 is 1.12 bits per heavy atom. The van der Waals surface area contributed by atoms with Crippen LogP contribution in [0.3, 0.4) is 0 Å². The number of anilines is 2. The van der Waals surface area contributed by atoms with Crippen LogP contribution < -0.4 is 25.4 Å². The highest BCUT2D eigenvalue weighted by atomic mass is 16.7. The number of carbonyl (C=O) groups is 3. The maximum atomic E-state index is 12.3. The van der Waals surface area contributed by atoms with Gasteiger partial charge in [-0.3, -0.25) is 14.4 Å². The van der Waals surface area contributed by atoms with E-state index in [-0.39, 0.29) is 13.2 Å². The van der Waals surface area contributed by atoms with Crippen LogP contribution in [-0.4, -0.2) is 30.6 Å². The maximum absolute atomic E-state index is 12.3. The van der Waals surface area contributed by atoms with Gasteiger partial charge in [-0.2, -0.15) is 0 Å². The first-order valence-electron chi connectivity index (χ1n) is 8.00. The predicted octanol–water partition coefficient (Wildman–Crippen LogP) is 1.49. The Kier molecular flexibility index (Phi) is 3.92. The summed E-state index contributed by atoms with van der Waals surface area (Å²) in [7, 11) is 0. The Hall–Kier alpha value is -3.55. The molecule has 4 rings (SSSR count). The molecule has 8 nitrogen and oxygen atoms in total. The van der Waals surface area contributed by atoms with Crippen molar-refractivity contribution in [2.24, 2.45) is 0 Å². The molecule has 3 amide bonds. The van der Waals surface area contributed by atoms with Gasteiger partial charge in [-0.15, -0.1) is 0 Å². The molecule has 2 aliphatic rings. The summed E-state index contributed by atoms with van der Waals surface area (Å²) in [6.07, 6.45) is -0.194. The molecule has 0 unspecified atom stereocenters. The van der Waals surface area contributed by atoms with E-state index in [1.807, 2.05) is 0 Å². The number of ether oxygens (including phenoxy) is 2. The average molecular weight is 353 g/mol. The molecular formula is C18H15N3O5. The van der Waals surface area contributed by atoms with Crippen LogP contribution in [0.25, 0.3) is 0 Å². The molecule has 0 radical (unpaired) electrons. The van der Waals surface area contributed by atoms with Gasteiger partial charge in [-0.1, -0.05) is 12.1 Å². The van der Waals surface area contributed by atoms with Crippen molar-refractivity contribution in [3.8, 4) is 11.5 Å². The average Bonchev–Trinajstić information content (AvgIpc) is 3.04. The van der Waals surface area contributed by atoms with Crippen LogP contribution in [0.5, 0.6) is 11.5 Å². The molecule has 0 saturated carbocycles. The fourth-order valence-corrected chi connectivity index (χ4v) is 2.83. The Labute approximate surface area is 148 Å². The number of hydrogen-bond acceptors (Lipinski definition) is 5. The third-order valence-corrected chi connectivity index (χ3v) is 4.10. The number of para-hydroxylation sites is 1. The van der Waals surface area contributed by atoms with Gasteiger partial charge in [0.1, 0.15) is 6.04 Å². The topological polar surface area (TPSA) is 106 Å². The molecule has 2 heterocycles. The summed E-state index contributed by atoms with van der Waals surface area (Å²) in [6.45, 7) is 0.140. The van der Waals surface area contributed by atoms with Gasteiger partial charge in [0.15, 0.2) is 11.5 Å². The van der Waals surface area contributed by atoms with Crippen molar-refractivity contribution >= 4 is 29.1 Å². The number of rotatable bonds is 3. The molecule has 2 aliphatic heterocycles. The van der Waals surface area contributed by atoms with Crippen molar-refractivity contribution in [2.75, 3.05) is 17.4 Å². The van der Waals surface area contributed by atoms with E-state index in [0.29, 0.717) is 28.4 Å². The second kappa shape index (κ2) is 6.40. The summed E-state index contributed by atoms with van der Waals surface area (Å²) in [5.74, 6) is -0.103. The summed E-state index contributed by atoms with van der Waals surface area (Å²) in [5.41, 5.74) is 1.30. The Morgan fingerprint density at radius 2 is 1.92 bits per heavy atom. The Balaban J connectivity index is 1.44. The first-order valence-corrected chi connectivity index (χ1v) is 8.00. The SMILES string of the molecule is O=C(C[C@@H]1NC(=O)c2ccccc2NC1=O)Nc1ccc2c(c1)OCO2. The molecule has 0 saturated heterocycles. The molecular weight excluding hydrogens is 338 g/mol. The van der Waals surface area contributed by atoms with Gasteiger partial charge in [-0.25, -0.2) is 0 Å². The number of hydrogen-bond donors (Lipinski definition) is 3.